The largest absolute Gasteiger partial charge is 0.467 e. The number of aryl methyl sites for hydroxylation is 2. The Labute approximate surface area is 169 Å². The standard InChI is InChI=1S/C22H26N4O3/c1-14-16(11-12-20(27)25-13-7-6-10-19(25)22(28)29-3)15(2)26-21(23-14)17-8-4-5-9-18(17)24-26/h4-5,8-9,19H,6-7,10-13H2,1-3H3. The number of hydrogen-bond acceptors (Lipinski definition) is 5. The van der Waals surface area contributed by atoms with Crippen molar-refractivity contribution in [2.75, 3.05) is 13.7 Å². The summed E-state index contributed by atoms with van der Waals surface area (Å²) in [6.07, 6.45) is 3.44. The van der Waals surface area contributed by atoms with Crippen LogP contribution in [0.1, 0.15) is 42.6 Å². The van der Waals surface area contributed by atoms with Crippen molar-refractivity contribution in [2.45, 2.75) is 52.0 Å². The minimum atomic E-state index is -0.458. The highest BCUT2D eigenvalue weighted by molar-refractivity contribution is 5.92. The van der Waals surface area contributed by atoms with Crippen molar-refractivity contribution in [3.05, 3.63) is 41.2 Å². The summed E-state index contributed by atoms with van der Waals surface area (Å²) in [7, 11) is 1.38. The maximum Gasteiger partial charge on any atom is 0.328 e. The summed E-state index contributed by atoms with van der Waals surface area (Å²) >= 11 is 0. The van der Waals surface area contributed by atoms with Gasteiger partial charge in [0.1, 0.15) is 6.04 Å². The van der Waals surface area contributed by atoms with Crippen LogP contribution in [0.2, 0.25) is 0 Å². The minimum Gasteiger partial charge on any atom is -0.467 e. The van der Waals surface area contributed by atoms with E-state index in [-0.39, 0.29) is 11.9 Å². The van der Waals surface area contributed by atoms with Crippen molar-refractivity contribution >= 4 is 28.4 Å². The number of fused-ring (bicyclic) bond motifs is 3. The molecule has 1 amide bonds. The smallest absolute Gasteiger partial charge is 0.328 e. The van der Waals surface area contributed by atoms with Crippen LogP contribution in [0.3, 0.4) is 0 Å². The van der Waals surface area contributed by atoms with Gasteiger partial charge in [-0.2, -0.15) is 5.10 Å². The van der Waals surface area contributed by atoms with Gasteiger partial charge in [0, 0.05) is 29.7 Å². The van der Waals surface area contributed by atoms with E-state index in [0.29, 0.717) is 25.8 Å². The summed E-state index contributed by atoms with van der Waals surface area (Å²) in [5.74, 6) is -0.332. The van der Waals surface area contributed by atoms with E-state index < -0.39 is 6.04 Å². The van der Waals surface area contributed by atoms with E-state index in [1.54, 1.807) is 4.90 Å². The molecule has 29 heavy (non-hydrogen) atoms. The molecule has 1 aliphatic heterocycles. The number of likely N-dealkylation sites (tertiary alicyclic amines) is 1. The van der Waals surface area contributed by atoms with Crippen LogP contribution in [0.25, 0.3) is 16.6 Å². The van der Waals surface area contributed by atoms with E-state index >= 15 is 0 Å². The van der Waals surface area contributed by atoms with Gasteiger partial charge in [0.05, 0.1) is 12.6 Å². The summed E-state index contributed by atoms with van der Waals surface area (Å²) in [4.78, 5) is 31.4. The van der Waals surface area contributed by atoms with E-state index in [0.717, 1.165) is 46.3 Å². The zero-order valence-corrected chi connectivity index (χ0v) is 17.1. The number of esters is 1. The first-order valence-electron chi connectivity index (χ1n) is 10.1. The first kappa shape index (κ1) is 19.4. The predicted octanol–water partition coefficient (Wildman–Crippen LogP) is 2.99. The molecule has 7 nitrogen and oxygen atoms in total. The van der Waals surface area contributed by atoms with Crippen molar-refractivity contribution in [1.82, 2.24) is 19.5 Å². The Morgan fingerprint density at radius 3 is 2.79 bits per heavy atom. The number of carbonyl (C=O) groups excluding carboxylic acids is 2. The zero-order chi connectivity index (χ0) is 20.5. The Bertz CT molecular complexity index is 1090. The number of benzene rings is 1. The summed E-state index contributed by atoms with van der Waals surface area (Å²) in [6, 6.07) is 7.49. The van der Waals surface area contributed by atoms with Gasteiger partial charge >= 0.3 is 5.97 Å². The molecule has 1 unspecified atom stereocenters. The van der Waals surface area contributed by atoms with Crippen LogP contribution in [0.15, 0.2) is 24.3 Å². The van der Waals surface area contributed by atoms with Gasteiger partial charge in [-0.25, -0.2) is 14.3 Å². The fourth-order valence-corrected chi connectivity index (χ4v) is 4.33. The fraction of sp³-hybridized carbons (Fsp3) is 0.455. The third-order valence-corrected chi connectivity index (χ3v) is 5.90. The van der Waals surface area contributed by atoms with E-state index in [1.165, 1.54) is 7.11 Å². The maximum absolute atomic E-state index is 12.9. The summed E-state index contributed by atoms with van der Waals surface area (Å²) < 4.78 is 6.76. The lowest BCUT2D eigenvalue weighted by atomic mass is 10.00. The molecule has 1 aromatic carbocycles. The second-order valence-corrected chi connectivity index (χ2v) is 7.64. The number of hydrogen-bond donors (Lipinski definition) is 0. The molecule has 7 heteroatoms. The van der Waals surface area contributed by atoms with Crippen molar-refractivity contribution in [3.63, 3.8) is 0 Å². The van der Waals surface area contributed by atoms with Gasteiger partial charge in [-0.05, 0) is 57.2 Å². The van der Waals surface area contributed by atoms with Gasteiger partial charge in [0.25, 0.3) is 0 Å². The van der Waals surface area contributed by atoms with Crippen LogP contribution in [0.5, 0.6) is 0 Å². The molecule has 3 heterocycles. The van der Waals surface area contributed by atoms with E-state index in [9.17, 15) is 9.59 Å². The Kier molecular flexibility index (Phi) is 5.22. The third-order valence-electron chi connectivity index (χ3n) is 5.90. The highest BCUT2D eigenvalue weighted by Gasteiger charge is 2.32. The third kappa shape index (κ3) is 3.45. The van der Waals surface area contributed by atoms with E-state index in [2.05, 4.69) is 5.10 Å². The fourth-order valence-electron chi connectivity index (χ4n) is 4.33. The predicted molar refractivity (Wildman–Crippen MR) is 110 cm³/mol. The number of piperidine rings is 1. The van der Waals surface area contributed by atoms with Gasteiger partial charge in [-0.15, -0.1) is 0 Å². The molecule has 0 N–H and O–H groups in total. The van der Waals surface area contributed by atoms with E-state index in [1.807, 2.05) is 42.6 Å². The Balaban J connectivity index is 1.58. The van der Waals surface area contributed by atoms with Crippen molar-refractivity contribution < 1.29 is 14.3 Å². The number of ether oxygens (including phenoxy) is 1. The van der Waals surface area contributed by atoms with E-state index in [4.69, 9.17) is 9.72 Å². The van der Waals surface area contributed by atoms with Crippen LogP contribution >= 0.6 is 0 Å². The van der Waals surface area contributed by atoms with Crippen LogP contribution < -0.4 is 0 Å². The highest BCUT2D eigenvalue weighted by atomic mass is 16.5. The van der Waals surface area contributed by atoms with Crippen molar-refractivity contribution in [2.24, 2.45) is 0 Å². The van der Waals surface area contributed by atoms with Gasteiger partial charge in [0.2, 0.25) is 5.91 Å². The number of carbonyl (C=O) groups is 2. The quantitative estimate of drug-likeness (QED) is 0.636. The molecule has 0 aliphatic carbocycles. The number of nitrogens with zero attached hydrogens (tertiary/aromatic N) is 4. The molecule has 2 aromatic heterocycles. The van der Waals surface area contributed by atoms with Gasteiger partial charge in [-0.3, -0.25) is 4.79 Å². The molecule has 0 bridgehead atoms. The summed E-state index contributed by atoms with van der Waals surface area (Å²) in [5.41, 5.74) is 4.69. The Morgan fingerprint density at radius 2 is 2.00 bits per heavy atom. The Hall–Kier alpha value is -2.96. The van der Waals surface area contributed by atoms with Crippen molar-refractivity contribution in [1.29, 1.82) is 0 Å². The lowest BCUT2D eigenvalue weighted by molar-refractivity contribution is -0.154. The molecule has 0 spiro atoms. The molecule has 1 atom stereocenters. The number of rotatable bonds is 4. The maximum atomic E-state index is 12.9. The lowest BCUT2D eigenvalue weighted by Gasteiger charge is -2.33. The van der Waals surface area contributed by atoms with Crippen LogP contribution in [0.4, 0.5) is 0 Å². The molecule has 0 saturated carbocycles. The number of methoxy groups -OCH3 is 1. The van der Waals surface area contributed by atoms with Crippen molar-refractivity contribution in [3.8, 4) is 0 Å². The summed E-state index contributed by atoms with van der Waals surface area (Å²) in [5, 5.41) is 5.70. The van der Waals surface area contributed by atoms with Gasteiger partial charge < -0.3 is 9.64 Å². The van der Waals surface area contributed by atoms with Crippen LogP contribution in [0, 0.1) is 13.8 Å². The molecule has 1 fully saturated rings. The molecule has 1 saturated heterocycles. The monoisotopic (exact) mass is 394 g/mol. The topological polar surface area (TPSA) is 76.8 Å². The minimum absolute atomic E-state index is 0.00961. The first-order chi connectivity index (χ1) is 14.0. The first-order valence-corrected chi connectivity index (χ1v) is 10.1. The second kappa shape index (κ2) is 7.81. The van der Waals surface area contributed by atoms with Gasteiger partial charge in [-0.1, -0.05) is 12.1 Å². The Morgan fingerprint density at radius 1 is 1.21 bits per heavy atom. The van der Waals surface area contributed by atoms with Crippen LogP contribution in [-0.4, -0.2) is 51.1 Å². The average Bonchev–Trinajstić information content (AvgIpc) is 3.11. The SMILES string of the molecule is COC(=O)C1CCCCN1C(=O)CCc1c(C)nc2c3ccccc3nn2c1C. The highest BCUT2D eigenvalue weighted by Crippen LogP contribution is 2.24. The molecule has 0 radical (unpaired) electrons. The normalized spacial score (nSPS) is 17.1. The molecule has 1 aliphatic rings. The van der Waals surface area contributed by atoms with Crippen LogP contribution in [-0.2, 0) is 20.7 Å². The second-order valence-electron chi connectivity index (χ2n) is 7.64. The molecule has 4 rings (SSSR count). The molecular weight excluding hydrogens is 368 g/mol. The molecular formula is C22H26N4O3. The average molecular weight is 394 g/mol. The molecule has 3 aromatic rings. The van der Waals surface area contributed by atoms with Gasteiger partial charge in [0.15, 0.2) is 5.65 Å². The number of aromatic nitrogens is 3. The number of amides is 1. The summed E-state index contributed by atoms with van der Waals surface area (Å²) in [6.45, 7) is 4.61. The zero-order valence-electron chi connectivity index (χ0n) is 17.1. The molecule has 152 valence electrons. The lowest BCUT2D eigenvalue weighted by Crippen LogP contribution is -2.48.